The molecule has 1 heterocycles. The van der Waals surface area contributed by atoms with E-state index in [1.807, 2.05) is 56.3 Å². The number of benzene rings is 2. The zero-order valence-electron chi connectivity index (χ0n) is 12.5. The van der Waals surface area contributed by atoms with Crippen LogP contribution in [0.3, 0.4) is 0 Å². The number of aryl methyl sites for hydroxylation is 1. The SMILES string of the molecule is Cc1ccc(S(=O)(=O)N2[C@H](C)[C@H](Br)[C@H]2c2ccccc2)cc1. The lowest BCUT2D eigenvalue weighted by molar-refractivity contribution is 0.141. The molecule has 1 fully saturated rings. The molecule has 0 spiro atoms. The average Bonchev–Trinajstić information content (AvgIpc) is 2.52. The largest absolute Gasteiger partial charge is 0.243 e. The van der Waals surface area contributed by atoms with Crippen LogP contribution >= 0.6 is 15.9 Å². The van der Waals surface area contributed by atoms with Crippen molar-refractivity contribution in [3.63, 3.8) is 0 Å². The van der Waals surface area contributed by atoms with E-state index in [0.29, 0.717) is 4.90 Å². The summed E-state index contributed by atoms with van der Waals surface area (Å²) in [6, 6.07) is 16.6. The minimum atomic E-state index is -3.50. The van der Waals surface area contributed by atoms with Gasteiger partial charge < -0.3 is 0 Å². The van der Waals surface area contributed by atoms with Crippen LogP contribution in [0.2, 0.25) is 0 Å². The van der Waals surface area contributed by atoms with Gasteiger partial charge in [0.25, 0.3) is 0 Å². The highest BCUT2D eigenvalue weighted by Gasteiger charge is 2.51. The number of hydrogen-bond donors (Lipinski definition) is 0. The molecule has 1 aliphatic heterocycles. The number of alkyl halides is 1. The van der Waals surface area contributed by atoms with Crippen LogP contribution in [0, 0.1) is 6.92 Å². The Bertz CT molecular complexity index is 759. The third kappa shape index (κ3) is 2.51. The van der Waals surface area contributed by atoms with E-state index in [1.54, 1.807) is 16.4 Å². The van der Waals surface area contributed by atoms with Gasteiger partial charge in [-0.1, -0.05) is 64.0 Å². The Morgan fingerprint density at radius 2 is 1.59 bits per heavy atom. The summed E-state index contributed by atoms with van der Waals surface area (Å²) in [4.78, 5) is 0.473. The Balaban J connectivity index is 2.00. The molecule has 0 radical (unpaired) electrons. The normalized spacial score (nSPS) is 25.7. The summed E-state index contributed by atoms with van der Waals surface area (Å²) in [5, 5.41) is 0. The lowest BCUT2D eigenvalue weighted by Gasteiger charge is -2.50. The Morgan fingerprint density at radius 3 is 2.18 bits per heavy atom. The van der Waals surface area contributed by atoms with Crippen LogP contribution < -0.4 is 0 Å². The third-order valence-corrected chi connectivity index (χ3v) is 7.42. The molecule has 2 aromatic rings. The zero-order valence-corrected chi connectivity index (χ0v) is 14.9. The molecular formula is C17H18BrNO2S. The first-order chi connectivity index (χ1) is 10.4. The van der Waals surface area contributed by atoms with Crippen molar-refractivity contribution in [2.45, 2.75) is 35.7 Å². The van der Waals surface area contributed by atoms with E-state index in [-0.39, 0.29) is 16.9 Å². The third-order valence-electron chi connectivity index (χ3n) is 4.18. The van der Waals surface area contributed by atoms with Crippen molar-refractivity contribution >= 4 is 26.0 Å². The van der Waals surface area contributed by atoms with Gasteiger partial charge in [-0.3, -0.25) is 0 Å². The molecule has 3 rings (SSSR count). The van der Waals surface area contributed by atoms with Gasteiger partial charge in [0, 0.05) is 6.04 Å². The van der Waals surface area contributed by atoms with Crippen molar-refractivity contribution in [1.82, 2.24) is 4.31 Å². The molecule has 0 aliphatic carbocycles. The van der Waals surface area contributed by atoms with Gasteiger partial charge in [0.2, 0.25) is 10.0 Å². The summed E-state index contributed by atoms with van der Waals surface area (Å²) in [5.41, 5.74) is 2.06. The first kappa shape index (κ1) is 15.7. The molecule has 1 saturated heterocycles. The smallest absolute Gasteiger partial charge is 0.207 e. The van der Waals surface area contributed by atoms with Crippen LogP contribution in [0.5, 0.6) is 0 Å². The van der Waals surface area contributed by atoms with Crippen molar-refractivity contribution < 1.29 is 8.42 Å². The quantitative estimate of drug-likeness (QED) is 0.758. The monoisotopic (exact) mass is 379 g/mol. The fourth-order valence-corrected chi connectivity index (χ4v) is 5.85. The molecule has 1 aliphatic rings. The highest BCUT2D eigenvalue weighted by molar-refractivity contribution is 9.09. The summed E-state index contributed by atoms with van der Waals surface area (Å²) >= 11 is 3.64. The Labute approximate surface area is 140 Å². The van der Waals surface area contributed by atoms with Gasteiger partial charge >= 0.3 is 0 Å². The van der Waals surface area contributed by atoms with Crippen molar-refractivity contribution in [3.05, 3.63) is 65.7 Å². The maximum absolute atomic E-state index is 13.0. The second kappa shape index (κ2) is 5.80. The van der Waals surface area contributed by atoms with E-state index < -0.39 is 10.0 Å². The van der Waals surface area contributed by atoms with Gasteiger partial charge in [-0.2, -0.15) is 4.31 Å². The number of hydrogen-bond acceptors (Lipinski definition) is 2. The molecular weight excluding hydrogens is 362 g/mol. The molecule has 5 heteroatoms. The van der Waals surface area contributed by atoms with Crippen LogP contribution in [-0.4, -0.2) is 23.6 Å². The molecule has 0 amide bonds. The predicted molar refractivity (Wildman–Crippen MR) is 91.6 cm³/mol. The molecule has 3 nitrogen and oxygen atoms in total. The van der Waals surface area contributed by atoms with Crippen molar-refractivity contribution in [3.8, 4) is 0 Å². The van der Waals surface area contributed by atoms with E-state index in [9.17, 15) is 8.42 Å². The van der Waals surface area contributed by atoms with Gasteiger partial charge in [-0.05, 0) is 31.5 Å². The van der Waals surface area contributed by atoms with E-state index in [0.717, 1.165) is 11.1 Å². The van der Waals surface area contributed by atoms with E-state index >= 15 is 0 Å². The predicted octanol–water partition coefficient (Wildman–Crippen LogP) is 3.89. The van der Waals surface area contributed by atoms with Crippen LogP contribution in [0.1, 0.15) is 24.1 Å². The highest BCUT2D eigenvalue weighted by Crippen LogP contribution is 2.46. The molecule has 0 unspecified atom stereocenters. The molecule has 0 saturated carbocycles. The molecule has 0 aromatic heterocycles. The fourth-order valence-electron chi connectivity index (χ4n) is 2.88. The van der Waals surface area contributed by atoms with Crippen LogP contribution in [0.25, 0.3) is 0 Å². The minimum Gasteiger partial charge on any atom is -0.207 e. The molecule has 0 bridgehead atoms. The average molecular weight is 380 g/mol. The number of sulfonamides is 1. The zero-order chi connectivity index (χ0) is 15.9. The van der Waals surface area contributed by atoms with E-state index in [2.05, 4.69) is 15.9 Å². The van der Waals surface area contributed by atoms with Crippen LogP contribution in [0.4, 0.5) is 0 Å². The van der Waals surface area contributed by atoms with Crippen LogP contribution in [-0.2, 0) is 10.0 Å². The first-order valence-electron chi connectivity index (χ1n) is 7.22. The second-order valence-corrected chi connectivity index (χ2v) is 8.59. The number of rotatable bonds is 3. The van der Waals surface area contributed by atoms with Gasteiger partial charge in [0.15, 0.2) is 0 Å². The van der Waals surface area contributed by atoms with Gasteiger partial charge in [-0.25, -0.2) is 8.42 Å². The molecule has 3 atom stereocenters. The maximum atomic E-state index is 13.0. The fraction of sp³-hybridized carbons (Fsp3) is 0.294. The summed E-state index contributed by atoms with van der Waals surface area (Å²) < 4.78 is 27.5. The first-order valence-corrected chi connectivity index (χ1v) is 9.58. The summed E-state index contributed by atoms with van der Waals surface area (Å²) in [7, 11) is -3.50. The van der Waals surface area contributed by atoms with Crippen molar-refractivity contribution in [2.24, 2.45) is 0 Å². The Morgan fingerprint density at radius 1 is 1.00 bits per heavy atom. The number of halogens is 1. The summed E-state index contributed by atoms with van der Waals surface area (Å²) in [6.07, 6.45) is 0. The topological polar surface area (TPSA) is 37.4 Å². The Kier molecular flexibility index (Phi) is 4.14. The molecule has 116 valence electrons. The summed E-state index contributed by atoms with van der Waals surface area (Å²) in [5.74, 6) is 0. The minimum absolute atomic E-state index is 0.0727. The van der Waals surface area contributed by atoms with Crippen LogP contribution in [0.15, 0.2) is 59.5 Å². The molecule has 0 N–H and O–H groups in total. The lowest BCUT2D eigenvalue weighted by Crippen LogP contribution is -2.59. The van der Waals surface area contributed by atoms with E-state index in [1.165, 1.54) is 0 Å². The van der Waals surface area contributed by atoms with Gasteiger partial charge in [0.1, 0.15) is 0 Å². The summed E-state index contributed by atoms with van der Waals surface area (Å²) in [6.45, 7) is 3.88. The van der Waals surface area contributed by atoms with Crippen molar-refractivity contribution in [1.29, 1.82) is 0 Å². The van der Waals surface area contributed by atoms with E-state index in [4.69, 9.17) is 0 Å². The standard InChI is InChI=1S/C17H18BrNO2S/c1-12-8-10-15(11-9-12)22(20,21)19-13(2)16(18)17(19)14-6-4-3-5-7-14/h3-11,13,16-17H,1-2H3/t13-,16+,17-/m1/s1. The second-order valence-electron chi connectivity index (χ2n) is 5.69. The van der Waals surface area contributed by atoms with Gasteiger partial charge in [-0.15, -0.1) is 0 Å². The molecule has 2 aromatic carbocycles. The highest BCUT2D eigenvalue weighted by atomic mass is 79.9. The lowest BCUT2D eigenvalue weighted by atomic mass is 9.91. The number of nitrogens with zero attached hydrogens (tertiary/aromatic N) is 1. The van der Waals surface area contributed by atoms with Gasteiger partial charge in [0.05, 0.1) is 15.8 Å². The molecule has 22 heavy (non-hydrogen) atoms. The Hall–Kier alpha value is -1.17. The van der Waals surface area contributed by atoms with Crippen molar-refractivity contribution in [2.75, 3.05) is 0 Å². The maximum Gasteiger partial charge on any atom is 0.243 e.